The number of aromatic nitrogens is 4. The van der Waals surface area contributed by atoms with Crippen molar-refractivity contribution in [2.45, 2.75) is 31.2 Å². The summed E-state index contributed by atoms with van der Waals surface area (Å²) in [6, 6.07) is 9.73. The average Bonchev–Trinajstić information content (AvgIpc) is 3.10. The van der Waals surface area contributed by atoms with Crippen LogP contribution in [0.4, 0.5) is 5.95 Å². The van der Waals surface area contributed by atoms with E-state index in [2.05, 4.69) is 20.8 Å². The first-order valence-corrected chi connectivity index (χ1v) is 6.56. The number of hydrogen-bond acceptors (Lipinski definition) is 5. The zero-order valence-electron chi connectivity index (χ0n) is 10.7. The van der Waals surface area contributed by atoms with Gasteiger partial charge in [0.25, 0.3) is 0 Å². The van der Waals surface area contributed by atoms with Crippen LogP contribution in [-0.2, 0) is 0 Å². The van der Waals surface area contributed by atoms with Crippen LogP contribution in [0.25, 0.3) is 5.69 Å². The molecule has 1 fully saturated rings. The molecule has 0 bridgehead atoms. The van der Waals surface area contributed by atoms with Crippen molar-refractivity contribution in [1.29, 1.82) is 0 Å². The van der Waals surface area contributed by atoms with Gasteiger partial charge in [-0.2, -0.15) is 4.68 Å². The van der Waals surface area contributed by atoms with Crippen LogP contribution >= 0.6 is 0 Å². The van der Waals surface area contributed by atoms with Crippen molar-refractivity contribution in [2.75, 3.05) is 11.9 Å². The molecule has 1 aromatic heterocycles. The van der Waals surface area contributed by atoms with E-state index in [1.807, 2.05) is 30.3 Å². The standard InChI is InChI=1S/C13H17N5O/c19-10-13(8-4-5-9-13)14-12-15-16-17-18(12)11-6-2-1-3-7-11/h1-3,6-7,19H,4-5,8-10H2,(H,14,15,17). The van der Waals surface area contributed by atoms with Crippen molar-refractivity contribution in [2.24, 2.45) is 0 Å². The molecule has 2 N–H and O–H groups in total. The zero-order chi connectivity index (χ0) is 13.1. The Labute approximate surface area is 111 Å². The van der Waals surface area contributed by atoms with Crippen LogP contribution in [-0.4, -0.2) is 37.5 Å². The Hall–Kier alpha value is -1.95. The number of para-hydroxylation sites is 1. The number of nitrogens with zero attached hydrogens (tertiary/aromatic N) is 4. The van der Waals surface area contributed by atoms with Gasteiger partial charge in [-0.05, 0) is 35.4 Å². The highest BCUT2D eigenvalue weighted by Crippen LogP contribution is 2.32. The molecule has 0 unspecified atom stereocenters. The van der Waals surface area contributed by atoms with Gasteiger partial charge in [0.2, 0.25) is 5.95 Å². The van der Waals surface area contributed by atoms with Crippen LogP contribution in [0.15, 0.2) is 30.3 Å². The smallest absolute Gasteiger partial charge is 0.248 e. The molecule has 0 spiro atoms. The van der Waals surface area contributed by atoms with Crippen molar-refractivity contribution in [3.63, 3.8) is 0 Å². The van der Waals surface area contributed by atoms with Gasteiger partial charge in [0.15, 0.2) is 0 Å². The summed E-state index contributed by atoms with van der Waals surface area (Å²) in [5.74, 6) is 0.585. The lowest BCUT2D eigenvalue weighted by molar-refractivity contribution is 0.213. The second kappa shape index (κ2) is 4.97. The largest absolute Gasteiger partial charge is 0.394 e. The number of hydrogen-bond donors (Lipinski definition) is 2. The normalized spacial score (nSPS) is 17.5. The predicted molar refractivity (Wildman–Crippen MR) is 71.1 cm³/mol. The number of anilines is 1. The summed E-state index contributed by atoms with van der Waals surface area (Å²) in [5, 5.41) is 24.7. The van der Waals surface area contributed by atoms with Crippen LogP contribution < -0.4 is 5.32 Å². The van der Waals surface area contributed by atoms with E-state index in [-0.39, 0.29) is 12.1 Å². The summed E-state index contributed by atoms with van der Waals surface area (Å²) in [6.45, 7) is 0.106. The Morgan fingerprint density at radius 2 is 1.95 bits per heavy atom. The molecule has 2 aromatic rings. The van der Waals surface area contributed by atoms with Crippen molar-refractivity contribution >= 4 is 5.95 Å². The molecule has 6 heteroatoms. The van der Waals surface area contributed by atoms with Gasteiger partial charge < -0.3 is 10.4 Å². The van der Waals surface area contributed by atoms with Gasteiger partial charge in [0, 0.05) is 0 Å². The van der Waals surface area contributed by atoms with Crippen molar-refractivity contribution in [1.82, 2.24) is 20.2 Å². The number of tetrazole rings is 1. The summed E-state index contributed by atoms with van der Waals surface area (Å²) >= 11 is 0. The van der Waals surface area contributed by atoms with Crippen molar-refractivity contribution < 1.29 is 5.11 Å². The second-order valence-electron chi connectivity index (χ2n) is 5.02. The zero-order valence-corrected chi connectivity index (χ0v) is 10.7. The first kappa shape index (κ1) is 12.1. The lowest BCUT2D eigenvalue weighted by Gasteiger charge is -2.27. The van der Waals surface area contributed by atoms with Gasteiger partial charge in [-0.25, -0.2) is 0 Å². The maximum Gasteiger partial charge on any atom is 0.248 e. The van der Waals surface area contributed by atoms with E-state index in [0.29, 0.717) is 5.95 Å². The highest BCUT2D eigenvalue weighted by Gasteiger charge is 2.34. The monoisotopic (exact) mass is 259 g/mol. The SMILES string of the molecule is OCC1(Nc2nnnn2-c2ccccc2)CCCC1. The number of aliphatic hydroxyl groups is 1. The fourth-order valence-corrected chi connectivity index (χ4v) is 2.62. The quantitative estimate of drug-likeness (QED) is 0.867. The average molecular weight is 259 g/mol. The van der Waals surface area contributed by atoms with E-state index in [1.165, 1.54) is 0 Å². The van der Waals surface area contributed by atoms with Gasteiger partial charge in [-0.15, -0.1) is 0 Å². The Kier molecular flexibility index (Phi) is 3.16. The molecule has 3 rings (SSSR count). The van der Waals surface area contributed by atoms with E-state index >= 15 is 0 Å². The number of benzene rings is 1. The van der Waals surface area contributed by atoms with E-state index in [4.69, 9.17) is 0 Å². The van der Waals surface area contributed by atoms with Crippen LogP contribution in [0.5, 0.6) is 0 Å². The van der Waals surface area contributed by atoms with Crippen LogP contribution in [0, 0.1) is 0 Å². The highest BCUT2D eigenvalue weighted by atomic mass is 16.3. The second-order valence-corrected chi connectivity index (χ2v) is 5.02. The van der Waals surface area contributed by atoms with Crippen LogP contribution in [0.2, 0.25) is 0 Å². The Bertz CT molecular complexity index is 533. The van der Waals surface area contributed by atoms with Crippen molar-refractivity contribution in [3.8, 4) is 5.69 Å². The van der Waals surface area contributed by atoms with Gasteiger partial charge >= 0.3 is 0 Å². The molecular formula is C13H17N5O. The lowest BCUT2D eigenvalue weighted by Crippen LogP contribution is -2.40. The summed E-state index contributed by atoms with van der Waals surface area (Å²) in [4.78, 5) is 0. The molecule has 1 aliphatic rings. The molecule has 6 nitrogen and oxygen atoms in total. The van der Waals surface area contributed by atoms with Gasteiger partial charge in [0.1, 0.15) is 0 Å². The molecule has 0 atom stereocenters. The van der Waals surface area contributed by atoms with Gasteiger partial charge in [-0.1, -0.05) is 36.1 Å². The summed E-state index contributed by atoms with van der Waals surface area (Å²) < 4.78 is 1.66. The third-order valence-corrected chi connectivity index (χ3v) is 3.71. The summed E-state index contributed by atoms with van der Waals surface area (Å²) in [7, 11) is 0. The lowest BCUT2D eigenvalue weighted by atomic mass is 9.99. The minimum Gasteiger partial charge on any atom is -0.394 e. The molecular weight excluding hydrogens is 242 g/mol. The molecule has 100 valence electrons. The molecule has 1 heterocycles. The minimum atomic E-state index is -0.277. The Morgan fingerprint density at radius 3 is 2.63 bits per heavy atom. The topological polar surface area (TPSA) is 75.9 Å². The maximum absolute atomic E-state index is 9.64. The van der Waals surface area contributed by atoms with E-state index < -0.39 is 0 Å². The third kappa shape index (κ3) is 2.31. The first-order valence-electron chi connectivity index (χ1n) is 6.56. The molecule has 0 radical (unpaired) electrons. The molecule has 0 amide bonds. The summed E-state index contributed by atoms with van der Waals surface area (Å²) in [6.07, 6.45) is 4.15. The first-order chi connectivity index (χ1) is 9.33. The predicted octanol–water partition coefficient (Wildman–Crippen LogP) is 1.38. The van der Waals surface area contributed by atoms with Gasteiger partial charge in [-0.3, -0.25) is 0 Å². The van der Waals surface area contributed by atoms with Gasteiger partial charge in [0.05, 0.1) is 17.8 Å². The molecule has 0 saturated heterocycles. The molecule has 1 aromatic carbocycles. The van der Waals surface area contributed by atoms with Crippen molar-refractivity contribution in [3.05, 3.63) is 30.3 Å². The maximum atomic E-state index is 9.64. The molecule has 0 aliphatic heterocycles. The molecule has 1 aliphatic carbocycles. The van der Waals surface area contributed by atoms with E-state index in [9.17, 15) is 5.11 Å². The number of rotatable bonds is 4. The minimum absolute atomic E-state index is 0.106. The fraction of sp³-hybridized carbons (Fsp3) is 0.462. The molecule has 19 heavy (non-hydrogen) atoms. The van der Waals surface area contributed by atoms with E-state index in [0.717, 1.165) is 31.4 Å². The van der Waals surface area contributed by atoms with E-state index in [1.54, 1.807) is 4.68 Å². The number of nitrogens with one attached hydrogen (secondary N) is 1. The van der Waals surface area contributed by atoms with Crippen LogP contribution in [0.1, 0.15) is 25.7 Å². The fourth-order valence-electron chi connectivity index (χ4n) is 2.62. The van der Waals surface area contributed by atoms with Crippen LogP contribution in [0.3, 0.4) is 0 Å². The highest BCUT2D eigenvalue weighted by molar-refractivity contribution is 5.40. The third-order valence-electron chi connectivity index (χ3n) is 3.71. The summed E-state index contributed by atoms with van der Waals surface area (Å²) in [5.41, 5.74) is 0.627. The Morgan fingerprint density at radius 1 is 1.21 bits per heavy atom. The number of aliphatic hydroxyl groups excluding tert-OH is 1. The Balaban J connectivity index is 1.88. The molecule has 1 saturated carbocycles.